The summed E-state index contributed by atoms with van der Waals surface area (Å²) in [5, 5.41) is 5.66. The molecule has 0 bridgehead atoms. The largest absolute Gasteiger partial charge is 0.481 e. The summed E-state index contributed by atoms with van der Waals surface area (Å²) in [7, 11) is 0. The zero-order valence-electron chi connectivity index (χ0n) is 15.7. The van der Waals surface area contributed by atoms with Gasteiger partial charge in [0.1, 0.15) is 5.75 Å². The van der Waals surface area contributed by atoms with Crippen molar-refractivity contribution in [3.63, 3.8) is 0 Å². The van der Waals surface area contributed by atoms with Gasteiger partial charge in [-0.25, -0.2) is 4.98 Å². The van der Waals surface area contributed by atoms with Gasteiger partial charge in [0, 0.05) is 23.8 Å². The van der Waals surface area contributed by atoms with Crippen molar-refractivity contribution in [1.82, 2.24) is 10.3 Å². The number of rotatable bonds is 6. The van der Waals surface area contributed by atoms with E-state index in [1.165, 1.54) is 19.1 Å². The number of carbonyl (C=O) groups excluding carboxylic acids is 1. The van der Waals surface area contributed by atoms with Gasteiger partial charge in [-0.3, -0.25) is 4.79 Å². The number of aromatic nitrogens is 1. The summed E-state index contributed by atoms with van der Waals surface area (Å²) in [5.41, 5.74) is 0.173. The van der Waals surface area contributed by atoms with Crippen molar-refractivity contribution >= 4 is 17.2 Å². The van der Waals surface area contributed by atoms with Gasteiger partial charge in [0.25, 0.3) is 5.91 Å². The van der Waals surface area contributed by atoms with Crippen LogP contribution in [0.1, 0.15) is 44.0 Å². The minimum absolute atomic E-state index is 0.00205. The first-order valence-electron chi connectivity index (χ1n) is 8.53. The summed E-state index contributed by atoms with van der Waals surface area (Å²) in [6.07, 6.45) is -4.78. The second kappa shape index (κ2) is 8.29. The molecule has 0 aliphatic carbocycles. The van der Waals surface area contributed by atoms with Gasteiger partial charge in [0.15, 0.2) is 6.10 Å². The molecule has 0 aliphatic heterocycles. The van der Waals surface area contributed by atoms with E-state index in [0.29, 0.717) is 13.0 Å². The molecule has 0 saturated carbocycles. The molecule has 0 spiro atoms. The molecule has 1 aromatic carbocycles. The SMILES string of the molecule is CC(Oc1cccc(C(F)(F)F)c1)C(=O)NCCc1nc(C(C)(C)C)cs1. The van der Waals surface area contributed by atoms with Crippen molar-refractivity contribution in [1.29, 1.82) is 0 Å². The van der Waals surface area contributed by atoms with Gasteiger partial charge < -0.3 is 10.1 Å². The first kappa shape index (κ1) is 21.2. The van der Waals surface area contributed by atoms with E-state index in [0.717, 1.165) is 22.8 Å². The number of halogens is 3. The lowest BCUT2D eigenvalue weighted by molar-refractivity contribution is -0.137. The fourth-order valence-corrected chi connectivity index (χ4v) is 3.23. The Morgan fingerprint density at radius 1 is 1.30 bits per heavy atom. The number of ether oxygens (including phenoxy) is 1. The van der Waals surface area contributed by atoms with Crippen LogP contribution in [0.3, 0.4) is 0 Å². The van der Waals surface area contributed by atoms with Gasteiger partial charge >= 0.3 is 6.18 Å². The highest BCUT2D eigenvalue weighted by molar-refractivity contribution is 7.09. The highest BCUT2D eigenvalue weighted by Crippen LogP contribution is 2.31. The number of nitrogens with one attached hydrogen (secondary N) is 1. The molecule has 1 heterocycles. The molecule has 1 amide bonds. The topological polar surface area (TPSA) is 51.2 Å². The third-order valence-corrected chi connectivity index (χ3v) is 4.71. The van der Waals surface area contributed by atoms with Gasteiger partial charge in [0.2, 0.25) is 0 Å². The number of amides is 1. The maximum Gasteiger partial charge on any atom is 0.416 e. The fourth-order valence-electron chi connectivity index (χ4n) is 2.21. The number of thiazole rings is 1. The smallest absolute Gasteiger partial charge is 0.416 e. The minimum Gasteiger partial charge on any atom is -0.481 e. The van der Waals surface area contributed by atoms with Crippen LogP contribution in [0.15, 0.2) is 29.6 Å². The molecular formula is C19H23F3N2O2S. The molecule has 148 valence electrons. The third-order valence-electron chi connectivity index (χ3n) is 3.80. The minimum atomic E-state index is -4.45. The second-order valence-electron chi connectivity index (χ2n) is 7.20. The number of alkyl halides is 3. The predicted octanol–water partition coefficient (Wildman–Crippen LogP) is 4.59. The van der Waals surface area contributed by atoms with Gasteiger partial charge in [-0.05, 0) is 25.1 Å². The molecule has 0 saturated heterocycles. The van der Waals surface area contributed by atoms with E-state index in [-0.39, 0.29) is 17.1 Å². The Bertz CT molecular complexity index is 782. The summed E-state index contributed by atoms with van der Waals surface area (Å²) in [6.45, 7) is 8.13. The van der Waals surface area contributed by atoms with Crippen molar-refractivity contribution < 1.29 is 22.7 Å². The lowest BCUT2D eigenvalue weighted by Gasteiger charge is -2.16. The molecule has 0 aliphatic rings. The Morgan fingerprint density at radius 2 is 2.00 bits per heavy atom. The molecule has 4 nitrogen and oxygen atoms in total. The van der Waals surface area contributed by atoms with Crippen molar-refractivity contribution in [2.45, 2.75) is 51.8 Å². The van der Waals surface area contributed by atoms with Crippen LogP contribution in [-0.4, -0.2) is 23.5 Å². The van der Waals surface area contributed by atoms with E-state index in [1.54, 1.807) is 11.3 Å². The molecule has 8 heteroatoms. The Balaban J connectivity index is 1.85. The lowest BCUT2D eigenvalue weighted by atomic mass is 9.93. The van der Waals surface area contributed by atoms with Crippen LogP contribution < -0.4 is 10.1 Å². The number of hydrogen-bond acceptors (Lipinski definition) is 4. The van der Waals surface area contributed by atoms with Gasteiger partial charge in [-0.15, -0.1) is 11.3 Å². The van der Waals surface area contributed by atoms with Crippen LogP contribution in [0, 0.1) is 0 Å². The van der Waals surface area contributed by atoms with Gasteiger partial charge in [-0.2, -0.15) is 13.2 Å². The molecule has 27 heavy (non-hydrogen) atoms. The average Bonchev–Trinajstić information content (AvgIpc) is 3.03. The highest BCUT2D eigenvalue weighted by atomic mass is 32.1. The Kier molecular flexibility index (Phi) is 6.51. The van der Waals surface area contributed by atoms with Crippen LogP contribution >= 0.6 is 11.3 Å². The quantitative estimate of drug-likeness (QED) is 0.772. The first-order chi connectivity index (χ1) is 12.5. The van der Waals surface area contributed by atoms with Crippen molar-refractivity contribution in [3.8, 4) is 5.75 Å². The molecule has 2 aromatic rings. The number of hydrogen-bond donors (Lipinski definition) is 1. The van der Waals surface area contributed by atoms with Gasteiger partial charge in [-0.1, -0.05) is 26.8 Å². The van der Waals surface area contributed by atoms with Crippen molar-refractivity contribution in [2.24, 2.45) is 0 Å². The summed E-state index contributed by atoms with van der Waals surface area (Å²) in [6, 6.07) is 4.48. The monoisotopic (exact) mass is 400 g/mol. The molecule has 1 N–H and O–H groups in total. The zero-order chi connectivity index (χ0) is 20.2. The van der Waals surface area contributed by atoms with Crippen LogP contribution in [0.25, 0.3) is 0 Å². The number of benzene rings is 1. The van der Waals surface area contributed by atoms with E-state index in [1.807, 2.05) is 5.38 Å². The van der Waals surface area contributed by atoms with E-state index in [4.69, 9.17) is 4.74 Å². The average molecular weight is 400 g/mol. The maximum atomic E-state index is 12.7. The molecule has 1 atom stereocenters. The lowest BCUT2D eigenvalue weighted by Crippen LogP contribution is -2.37. The standard InChI is InChI=1S/C19H23F3N2O2S/c1-12(26-14-7-5-6-13(10-14)19(20,21)22)17(25)23-9-8-16-24-15(11-27-16)18(2,3)4/h5-7,10-12H,8-9H2,1-4H3,(H,23,25). The highest BCUT2D eigenvalue weighted by Gasteiger charge is 2.30. The molecular weight excluding hydrogens is 377 g/mol. The predicted molar refractivity (Wildman–Crippen MR) is 99.1 cm³/mol. The molecule has 1 unspecified atom stereocenters. The van der Waals surface area contributed by atoms with E-state index in [2.05, 4.69) is 31.1 Å². The van der Waals surface area contributed by atoms with Crippen LogP contribution in [0.5, 0.6) is 5.75 Å². The maximum absolute atomic E-state index is 12.7. The molecule has 0 fully saturated rings. The van der Waals surface area contributed by atoms with Crippen molar-refractivity contribution in [3.05, 3.63) is 45.9 Å². The first-order valence-corrected chi connectivity index (χ1v) is 9.41. The second-order valence-corrected chi connectivity index (χ2v) is 8.15. The summed E-state index contributed by atoms with van der Waals surface area (Å²) in [4.78, 5) is 16.7. The Hall–Kier alpha value is -2.09. The molecule has 1 aromatic heterocycles. The van der Waals surface area contributed by atoms with Crippen molar-refractivity contribution in [2.75, 3.05) is 6.54 Å². The summed E-state index contributed by atoms with van der Waals surface area (Å²) >= 11 is 1.54. The van der Waals surface area contributed by atoms with E-state index >= 15 is 0 Å². The van der Waals surface area contributed by atoms with E-state index in [9.17, 15) is 18.0 Å². The Morgan fingerprint density at radius 3 is 2.59 bits per heavy atom. The number of nitrogens with zero attached hydrogens (tertiary/aromatic N) is 1. The zero-order valence-corrected chi connectivity index (χ0v) is 16.5. The summed E-state index contributed by atoms with van der Waals surface area (Å²) in [5.74, 6) is -0.387. The fraction of sp³-hybridized carbons (Fsp3) is 0.474. The third kappa shape index (κ3) is 6.23. The van der Waals surface area contributed by atoms with Gasteiger partial charge in [0.05, 0.1) is 16.3 Å². The van der Waals surface area contributed by atoms with Crippen LogP contribution in [0.2, 0.25) is 0 Å². The van der Waals surface area contributed by atoms with E-state index < -0.39 is 17.8 Å². The normalized spacial score (nSPS) is 13.3. The van der Waals surface area contributed by atoms with Crippen LogP contribution in [0.4, 0.5) is 13.2 Å². The molecule has 0 radical (unpaired) electrons. The summed E-state index contributed by atoms with van der Waals surface area (Å²) < 4.78 is 43.5. The number of carbonyl (C=O) groups is 1. The Labute approximate surface area is 160 Å². The van der Waals surface area contributed by atoms with Crippen LogP contribution in [-0.2, 0) is 22.8 Å². The molecule has 2 rings (SSSR count).